The molecule has 132 valence electrons. The first kappa shape index (κ1) is 16.6. The van der Waals surface area contributed by atoms with Crippen LogP contribution < -0.4 is 5.76 Å². The lowest BCUT2D eigenvalue weighted by molar-refractivity contribution is 0.514. The molecule has 0 aliphatic heterocycles. The summed E-state index contributed by atoms with van der Waals surface area (Å²) in [5.41, 5.74) is 4.73. The van der Waals surface area contributed by atoms with Crippen LogP contribution >= 0.6 is 11.8 Å². The highest BCUT2D eigenvalue weighted by Gasteiger charge is 2.12. The van der Waals surface area contributed by atoms with Gasteiger partial charge >= 0.3 is 5.76 Å². The molecule has 0 atom stereocenters. The summed E-state index contributed by atoms with van der Waals surface area (Å²) in [6.45, 7) is 4.65. The van der Waals surface area contributed by atoms with Crippen molar-refractivity contribution >= 4 is 22.9 Å². The third-order valence-corrected chi connectivity index (χ3v) is 5.20. The van der Waals surface area contributed by atoms with Gasteiger partial charge in [0, 0.05) is 12.3 Å². The molecule has 0 aliphatic rings. The third-order valence-electron chi connectivity index (χ3n) is 4.30. The van der Waals surface area contributed by atoms with E-state index in [9.17, 15) is 4.79 Å². The number of aryl methyl sites for hydroxylation is 3. The van der Waals surface area contributed by atoms with E-state index in [1.807, 2.05) is 24.3 Å². The second-order valence-corrected chi connectivity index (χ2v) is 7.04. The largest absolute Gasteiger partial charge is 0.419 e. The lowest BCUT2D eigenvalue weighted by Gasteiger charge is -2.07. The highest BCUT2D eigenvalue weighted by molar-refractivity contribution is 7.99. The van der Waals surface area contributed by atoms with Gasteiger partial charge in [0.25, 0.3) is 0 Å². The summed E-state index contributed by atoms with van der Waals surface area (Å²) in [5.74, 6) is 0.301. The number of thioether (sulfide) groups is 1. The van der Waals surface area contributed by atoms with Crippen molar-refractivity contribution in [1.29, 1.82) is 0 Å². The number of rotatable bonds is 5. The van der Waals surface area contributed by atoms with Gasteiger partial charge in [-0.05, 0) is 59.7 Å². The molecular weight excluding hydrogens is 350 g/mol. The van der Waals surface area contributed by atoms with Gasteiger partial charge in [0.2, 0.25) is 5.16 Å². The maximum atomic E-state index is 12.0. The van der Waals surface area contributed by atoms with Crippen LogP contribution in [0.1, 0.15) is 11.1 Å². The molecule has 0 spiro atoms. The van der Waals surface area contributed by atoms with E-state index in [2.05, 4.69) is 41.5 Å². The second kappa shape index (κ2) is 6.80. The standard InChI is InChI=1S/C18H17N5O2S/c1-12-7-8-14(11-13(12)2)23-17(19-20-21-23)26-10-9-22-15-5-3-4-6-16(15)25-18(22)24/h3-8,11H,9-10H2,1-2H3. The highest BCUT2D eigenvalue weighted by atomic mass is 32.2. The molecule has 2 heterocycles. The summed E-state index contributed by atoms with van der Waals surface area (Å²) >= 11 is 1.50. The fourth-order valence-electron chi connectivity index (χ4n) is 2.74. The van der Waals surface area contributed by atoms with Crippen LogP contribution in [0.25, 0.3) is 16.8 Å². The molecule has 7 nitrogen and oxygen atoms in total. The van der Waals surface area contributed by atoms with E-state index in [1.54, 1.807) is 15.3 Å². The number of hydrogen-bond donors (Lipinski definition) is 0. The van der Waals surface area contributed by atoms with Crippen LogP contribution in [-0.2, 0) is 6.54 Å². The summed E-state index contributed by atoms with van der Waals surface area (Å²) in [7, 11) is 0. The number of fused-ring (bicyclic) bond motifs is 1. The minimum absolute atomic E-state index is 0.347. The molecule has 0 amide bonds. The fraction of sp³-hybridized carbons (Fsp3) is 0.222. The van der Waals surface area contributed by atoms with Gasteiger partial charge in [0.15, 0.2) is 5.58 Å². The fourth-order valence-corrected chi connectivity index (χ4v) is 3.56. The minimum Gasteiger partial charge on any atom is -0.408 e. The Morgan fingerprint density at radius 3 is 2.81 bits per heavy atom. The summed E-state index contributed by atoms with van der Waals surface area (Å²) in [4.78, 5) is 12.0. The average molecular weight is 367 g/mol. The first-order chi connectivity index (χ1) is 12.6. The zero-order chi connectivity index (χ0) is 18.1. The molecule has 0 unspecified atom stereocenters. The summed E-state index contributed by atoms with van der Waals surface area (Å²) in [6.07, 6.45) is 0. The van der Waals surface area contributed by atoms with E-state index in [0.717, 1.165) is 11.2 Å². The van der Waals surface area contributed by atoms with E-state index in [1.165, 1.54) is 22.9 Å². The predicted octanol–water partition coefficient (Wildman–Crippen LogP) is 2.98. The van der Waals surface area contributed by atoms with Crippen LogP contribution in [0.3, 0.4) is 0 Å². The van der Waals surface area contributed by atoms with Crippen LogP contribution in [0.15, 0.2) is 56.8 Å². The van der Waals surface area contributed by atoms with Crippen molar-refractivity contribution in [2.24, 2.45) is 0 Å². The van der Waals surface area contributed by atoms with Gasteiger partial charge in [-0.25, -0.2) is 4.79 Å². The average Bonchev–Trinajstić information content (AvgIpc) is 3.22. The quantitative estimate of drug-likeness (QED) is 0.505. The lowest BCUT2D eigenvalue weighted by atomic mass is 10.1. The Morgan fingerprint density at radius 2 is 1.96 bits per heavy atom. The molecule has 4 rings (SSSR count). The molecule has 26 heavy (non-hydrogen) atoms. The second-order valence-electron chi connectivity index (χ2n) is 5.98. The van der Waals surface area contributed by atoms with Crippen LogP contribution in [0.4, 0.5) is 0 Å². The van der Waals surface area contributed by atoms with Crippen molar-refractivity contribution in [3.63, 3.8) is 0 Å². The molecular formula is C18H17N5O2S. The SMILES string of the molecule is Cc1ccc(-n2nnnc2SCCn2c(=O)oc3ccccc32)cc1C. The van der Waals surface area contributed by atoms with Crippen molar-refractivity contribution < 1.29 is 4.42 Å². The zero-order valence-corrected chi connectivity index (χ0v) is 15.2. The molecule has 0 fully saturated rings. The molecule has 2 aromatic carbocycles. The van der Waals surface area contributed by atoms with E-state index in [-0.39, 0.29) is 5.76 Å². The maximum absolute atomic E-state index is 12.0. The van der Waals surface area contributed by atoms with Gasteiger partial charge in [-0.1, -0.05) is 30.0 Å². The summed E-state index contributed by atoms with van der Waals surface area (Å²) in [6, 6.07) is 13.5. The predicted molar refractivity (Wildman–Crippen MR) is 99.8 cm³/mol. The highest BCUT2D eigenvalue weighted by Crippen LogP contribution is 2.21. The van der Waals surface area contributed by atoms with Crippen molar-refractivity contribution in [3.8, 4) is 5.69 Å². The number of benzene rings is 2. The molecule has 0 saturated heterocycles. The molecule has 4 aromatic rings. The molecule has 0 saturated carbocycles. The summed E-state index contributed by atoms with van der Waals surface area (Å²) < 4.78 is 8.60. The third kappa shape index (κ3) is 3.03. The first-order valence-corrected chi connectivity index (χ1v) is 9.19. The van der Waals surface area contributed by atoms with E-state index < -0.39 is 0 Å². The van der Waals surface area contributed by atoms with E-state index >= 15 is 0 Å². The van der Waals surface area contributed by atoms with Gasteiger partial charge in [-0.3, -0.25) is 4.57 Å². The zero-order valence-electron chi connectivity index (χ0n) is 14.4. The lowest BCUT2D eigenvalue weighted by Crippen LogP contribution is -2.15. The number of hydrogen-bond acceptors (Lipinski definition) is 6. The van der Waals surface area contributed by atoms with Gasteiger partial charge in [-0.2, -0.15) is 4.68 Å². The van der Waals surface area contributed by atoms with Crippen LogP contribution in [0, 0.1) is 13.8 Å². The molecule has 2 aromatic heterocycles. The topological polar surface area (TPSA) is 78.7 Å². The number of nitrogens with zero attached hydrogens (tertiary/aromatic N) is 5. The van der Waals surface area contributed by atoms with E-state index in [4.69, 9.17) is 4.42 Å². The van der Waals surface area contributed by atoms with Gasteiger partial charge < -0.3 is 4.42 Å². The number of tetrazole rings is 1. The molecule has 0 radical (unpaired) electrons. The number of aromatic nitrogens is 5. The van der Waals surface area contributed by atoms with Crippen molar-refractivity contribution in [2.45, 2.75) is 25.5 Å². The minimum atomic E-state index is -0.347. The summed E-state index contributed by atoms with van der Waals surface area (Å²) in [5, 5.41) is 12.7. The monoisotopic (exact) mass is 367 g/mol. The number of para-hydroxylation sites is 2. The molecule has 8 heteroatoms. The Labute approximate surface area is 153 Å². The van der Waals surface area contributed by atoms with Crippen LogP contribution in [0.5, 0.6) is 0 Å². The van der Waals surface area contributed by atoms with Gasteiger partial charge in [0.1, 0.15) is 0 Å². The molecule has 0 aliphatic carbocycles. The van der Waals surface area contributed by atoms with Crippen molar-refractivity contribution in [2.75, 3.05) is 5.75 Å². The Balaban J connectivity index is 1.52. The van der Waals surface area contributed by atoms with Crippen LogP contribution in [0.2, 0.25) is 0 Å². The van der Waals surface area contributed by atoms with Crippen molar-refractivity contribution in [1.82, 2.24) is 24.8 Å². The smallest absolute Gasteiger partial charge is 0.408 e. The Hall–Kier alpha value is -2.87. The van der Waals surface area contributed by atoms with Gasteiger partial charge in [-0.15, -0.1) is 5.10 Å². The first-order valence-electron chi connectivity index (χ1n) is 8.20. The Kier molecular flexibility index (Phi) is 4.34. The van der Waals surface area contributed by atoms with E-state index in [0.29, 0.717) is 23.0 Å². The van der Waals surface area contributed by atoms with Gasteiger partial charge in [0.05, 0.1) is 11.2 Å². The van der Waals surface area contributed by atoms with Crippen LogP contribution in [-0.4, -0.2) is 30.5 Å². The van der Waals surface area contributed by atoms with Crippen molar-refractivity contribution in [3.05, 3.63) is 64.1 Å². The normalized spacial score (nSPS) is 11.3. The number of oxazole rings is 1. The molecule has 0 bridgehead atoms. The maximum Gasteiger partial charge on any atom is 0.419 e. The Bertz CT molecular complexity index is 1130. The Morgan fingerprint density at radius 1 is 1.12 bits per heavy atom. The molecule has 0 N–H and O–H groups in total.